The smallest absolute Gasteiger partial charge is 0.274 e. The first-order valence-electron chi connectivity index (χ1n) is 8.20. The van der Waals surface area contributed by atoms with Gasteiger partial charge in [-0.05, 0) is 42.7 Å². The van der Waals surface area contributed by atoms with Crippen molar-refractivity contribution in [1.82, 2.24) is 9.97 Å². The van der Waals surface area contributed by atoms with Crippen molar-refractivity contribution in [3.63, 3.8) is 0 Å². The number of carbonyl (C=O) groups is 1. The third kappa shape index (κ3) is 4.20. The van der Waals surface area contributed by atoms with Gasteiger partial charge in [-0.1, -0.05) is 37.3 Å². The van der Waals surface area contributed by atoms with Gasteiger partial charge in [-0.3, -0.25) is 4.79 Å². The van der Waals surface area contributed by atoms with Crippen molar-refractivity contribution in [2.45, 2.75) is 20.3 Å². The van der Waals surface area contributed by atoms with Gasteiger partial charge in [0.25, 0.3) is 5.91 Å². The van der Waals surface area contributed by atoms with Crippen LogP contribution in [0.15, 0.2) is 60.9 Å². The second kappa shape index (κ2) is 7.57. The first kappa shape index (κ1) is 16.6. The zero-order valence-electron chi connectivity index (χ0n) is 14.3. The molecule has 1 aromatic heterocycles. The summed E-state index contributed by atoms with van der Waals surface area (Å²) in [5, 5.41) is 6.12. The third-order valence-electron chi connectivity index (χ3n) is 3.84. The molecule has 25 heavy (non-hydrogen) atoms. The normalized spacial score (nSPS) is 10.3. The highest BCUT2D eigenvalue weighted by molar-refractivity contribution is 6.03. The number of nitrogens with zero attached hydrogens (tertiary/aromatic N) is 2. The highest BCUT2D eigenvalue weighted by atomic mass is 16.1. The first-order valence-corrected chi connectivity index (χ1v) is 8.20. The summed E-state index contributed by atoms with van der Waals surface area (Å²) in [4.78, 5) is 20.8. The van der Waals surface area contributed by atoms with Crippen molar-refractivity contribution in [3.8, 4) is 0 Å². The Morgan fingerprint density at radius 2 is 1.88 bits per heavy atom. The molecule has 2 N–H and O–H groups in total. The van der Waals surface area contributed by atoms with E-state index in [9.17, 15) is 4.79 Å². The molecule has 0 saturated carbocycles. The number of hydrogen-bond acceptors (Lipinski definition) is 4. The van der Waals surface area contributed by atoms with Gasteiger partial charge in [0.2, 0.25) is 0 Å². The van der Waals surface area contributed by atoms with Crippen LogP contribution in [0.5, 0.6) is 0 Å². The summed E-state index contributed by atoms with van der Waals surface area (Å²) in [7, 11) is 0. The van der Waals surface area contributed by atoms with Gasteiger partial charge in [0.1, 0.15) is 17.8 Å². The molecular formula is C20H20N4O. The van der Waals surface area contributed by atoms with Gasteiger partial charge >= 0.3 is 0 Å². The second-order valence-corrected chi connectivity index (χ2v) is 5.75. The van der Waals surface area contributed by atoms with Gasteiger partial charge in [-0.15, -0.1) is 0 Å². The molecule has 0 bridgehead atoms. The molecule has 0 aliphatic rings. The van der Waals surface area contributed by atoms with E-state index in [0.29, 0.717) is 11.5 Å². The van der Waals surface area contributed by atoms with Crippen LogP contribution in [0.2, 0.25) is 0 Å². The zero-order chi connectivity index (χ0) is 17.6. The molecule has 1 heterocycles. The summed E-state index contributed by atoms with van der Waals surface area (Å²) in [5.74, 6) is 0.324. The van der Waals surface area contributed by atoms with Crippen LogP contribution >= 0.6 is 0 Å². The van der Waals surface area contributed by atoms with Gasteiger partial charge in [-0.2, -0.15) is 0 Å². The Balaban J connectivity index is 1.77. The van der Waals surface area contributed by atoms with Crippen molar-refractivity contribution < 1.29 is 4.79 Å². The summed E-state index contributed by atoms with van der Waals surface area (Å²) in [6.07, 6.45) is 2.24. The lowest BCUT2D eigenvalue weighted by atomic mass is 10.1. The number of carbonyl (C=O) groups excluding carboxylic acids is 1. The molecule has 0 fully saturated rings. The van der Waals surface area contributed by atoms with E-state index in [-0.39, 0.29) is 5.91 Å². The van der Waals surface area contributed by atoms with Crippen LogP contribution in [0.1, 0.15) is 28.5 Å². The topological polar surface area (TPSA) is 66.9 Å². The SMILES string of the molecule is CCc1ccccc1NC(=O)c1cc(Nc2cccc(C)c2)ncn1. The Labute approximate surface area is 147 Å². The molecule has 0 atom stereocenters. The number of benzene rings is 2. The van der Waals surface area contributed by atoms with E-state index >= 15 is 0 Å². The number of nitrogens with one attached hydrogen (secondary N) is 2. The lowest BCUT2D eigenvalue weighted by Crippen LogP contribution is -2.15. The van der Waals surface area contributed by atoms with Crippen LogP contribution in [0.25, 0.3) is 0 Å². The lowest BCUT2D eigenvalue weighted by Gasteiger charge is -2.10. The summed E-state index contributed by atoms with van der Waals surface area (Å²) in [6.45, 7) is 4.08. The average molecular weight is 332 g/mol. The van der Waals surface area contributed by atoms with Crippen molar-refractivity contribution in [2.75, 3.05) is 10.6 Å². The number of hydrogen-bond donors (Lipinski definition) is 2. The van der Waals surface area contributed by atoms with Crippen LogP contribution < -0.4 is 10.6 Å². The molecule has 5 nitrogen and oxygen atoms in total. The van der Waals surface area contributed by atoms with Gasteiger partial charge in [-0.25, -0.2) is 9.97 Å². The Bertz CT molecular complexity index is 892. The average Bonchev–Trinajstić information content (AvgIpc) is 2.62. The van der Waals surface area contributed by atoms with E-state index in [0.717, 1.165) is 28.9 Å². The minimum atomic E-state index is -0.254. The Morgan fingerprint density at radius 3 is 2.68 bits per heavy atom. The quantitative estimate of drug-likeness (QED) is 0.729. The summed E-state index contributed by atoms with van der Waals surface area (Å²) in [6, 6.07) is 17.4. The Hall–Kier alpha value is -3.21. The highest BCUT2D eigenvalue weighted by Crippen LogP contribution is 2.18. The lowest BCUT2D eigenvalue weighted by molar-refractivity contribution is 0.102. The predicted octanol–water partition coefficient (Wildman–Crippen LogP) is 4.34. The maximum Gasteiger partial charge on any atom is 0.274 e. The molecular weight excluding hydrogens is 312 g/mol. The molecule has 0 aliphatic carbocycles. The van der Waals surface area contributed by atoms with E-state index in [1.54, 1.807) is 6.07 Å². The number of amides is 1. The maximum atomic E-state index is 12.5. The predicted molar refractivity (Wildman–Crippen MR) is 100 cm³/mol. The maximum absolute atomic E-state index is 12.5. The van der Waals surface area contributed by atoms with Gasteiger partial charge in [0, 0.05) is 17.4 Å². The highest BCUT2D eigenvalue weighted by Gasteiger charge is 2.11. The fourth-order valence-corrected chi connectivity index (χ4v) is 2.56. The zero-order valence-corrected chi connectivity index (χ0v) is 14.3. The van der Waals surface area contributed by atoms with Crippen LogP contribution in [0.4, 0.5) is 17.2 Å². The number of anilines is 3. The fourth-order valence-electron chi connectivity index (χ4n) is 2.56. The minimum Gasteiger partial charge on any atom is -0.340 e. The number of aromatic nitrogens is 2. The Morgan fingerprint density at radius 1 is 1.04 bits per heavy atom. The standard InChI is InChI=1S/C20H20N4O/c1-3-15-8-4-5-10-17(15)24-20(25)18-12-19(22-13-21-18)23-16-9-6-7-14(2)11-16/h4-13H,3H2,1-2H3,(H,24,25)(H,21,22,23). The summed E-state index contributed by atoms with van der Waals surface area (Å²) in [5.41, 5.74) is 4.27. The van der Waals surface area contributed by atoms with E-state index < -0.39 is 0 Å². The van der Waals surface area contributed by atoms with E-state index in [2.05, 4.69) is 27.5 Å². The van der Waals surface area contributed by atoms with Gasteiger partial charge < -0.3 is 10.6 Å². The van der Waals surface area contributed by atoms with Crippen LogP contribution in [0, 0.1) is 6.92 Å². The van der Waals surface area contributed by atoms with Crippen molar-refractivity contribution in [3.05, 3.63) is 77.7 Å². The van der Waals surface area contributed by atoms with Crippen LogP contribution in [-0.2, 0) is 6.42 Å². The number of rotatable bonds is 5. The molecule has 1 amide bonds. The molecule has 0 aliphatic heterocycles. The van der Waals surface area contributed by atoms with Gasteiger partial charge in [0.15, 0.2) is 0 Å². The summed E-state index contributed by atoms with van der Waals surface area (Å²) >= 11 is 0. The second-order valence-electron chi connectivity index (χ2n) is 5.75. The molecule has 2 aromatic carbocycles. The largest absolute Gasteiger partial charge is 0.340 e. The molecule has 0 spiro atoms. The molecule has 3 aromatic rings. The minimum absolute atomic E-state index is 0.254. The molecule has 0 unspecified atom stereocenters. The molecule has 126 valence electrons. The summed E-state index contributed by atoms with van der Waals surface area (Å²) < 4.78 is 0. The Kier molecular flexibility index (Phi) is 5.04. The van der Waals surface area contributed by atoms with E-state index in [1.807, 2.05) is 55.5 Å². The van der Waals surface area contributed by atoms with E-state index in [4.69, 9.17) is 0 Å². The number of aryl methyl sites for hydroxylation is 2. The third-order valence-corrected chi connectivity index (χ3v) is 3.84. The van der Waals surface area contributed by atoms with Gasteiger partial charge in [0.05, 0.1) is 0 Å². The van der Waals surface area contributed by atoms with E-state index in [1.165, 1.54) is 6.33 Å². The van der Waals surface area contributed by atoms with Crippen LogP contribution in [0.3, 0.4) is 0 Å². The van der Waals surface area contributed by atoms with Crippen molar-refractivity contribution in [1.29, 1.82) is 0 Å². The fraction of sp³-hybridized carbons (Fsp3) is 0.150. The molecule has 5 heteroatoms. The monoisotopic (exact) mass is 332 g/mol. The molecule has 0 radical (unpaired) electrons. The number of para-hydroxylation sites is 1. The van der Waals surface area contributed by atoms with Crippen molar-refractivity contribution in [2.24, 2.45) is 0 Å². The molecule has 0 saturated heterocycles. The van der Waals surface area contributed by atoms with Crippen LogP contribution in [-0.4, -0.2) is 15.9 Å². The molecule has 3 rings (SSSR count). The first-order chi connectivity index (χ1) is 12.2. The van der Waals surface area contributed by atoms with Crippen molar-refractivity contribution >= 4 is 23.1 Å².